The second kappa shape index (κ2) is 4.05. The number of nitrogens with zero attached hydrogens (tertiary/aromatic N) is 2. The molecule has 1 amide bonds. The normalized spacial score (nSPS) is 18.8. The first kappa shape index (κ1) is 11.6. The van der Waals surface area contributed by atoms with E-state index in [1.54, 1.807) is 0 Å². The van der Waals surface area contributed by atoms with Crippen LogP contribution in [0.2, 0.25) is 0 Å². The number of hydrogen-bond donors (Lipinski definition) is 1. The number of hydrogen-bond acceptors (Lipinski definition) is 2. The van der Waals surface area contributed by atoms with Crippen LogP contribution in [0, 0.1) is 5.82 Å². The molecule has 1 atom stereocenters. The van der Waals surface area contributed by atoms with E-state index in [2.05, 4.69) is 26.2 Å². The molecule has 0 radical (unpaired) electrons. The molecule has 1 aromatic carbocycles. The number of carbonyl (C=O) groups is 1. The van der Waals surface area contributed by atoms with Gasteiger partial charge in [0.25, 0.3) is 5.91 Å². The number of imidazole rings is 1. The number of nitrogens with one attached hydrogen (secondary N) is 1. The van der Waals surface area contributed by atoms with Crippen LogP contribution < -0.4 is 5.32 Å². The molecule has 6 heteroatoms. The average molecular weight is 312 g/mol. The maximum absolute atomic E-state index is 13.5. The molecule has 1 N–H and O–H groups in total. The van der Waals surface area contributed by atoms with E-state index in [9.17, 15) is 9.18 Å². The molecule has 0 fully saturated rings. The Kier molecular flexibility index (Phi) is 2.62. The van der Waals surface area contributed by atoms with Gasteiger partial charge in [-0.25, -0.2) is 9.37 Å². The van der Waals surface area contributed by atoms with Gasteiger partial charge in [-0.05, 0) is 28.4 Å². The quantitative estimate of drug-likeness (QED) is 0.880. The summed E-state index contributed by atoms with van der Waals surface area (Å²) in [4.78, 5) is 16.3. The van der Waals surface area contributed by atoms with Gasteiger partial charge in [-0.15, -0.1) is 0 Å². The van der Waals surface area contributed by atoms with Gasteiger partial charge in [0.1, 0.15) is 5.82 Å². The third kappa shape index (κ3) is 1.55. The fraction of sp³-hybridized carbons (Fsp3) is 0.333. The Hall–Kier alpha value is -1.43. The van der Waals surface area contributed by atoms with Crippen LogP contribution in [0.5, 0.6) is 0 Å². The number of halogens is 2. The standard InChI is InChI=1S/C12H11BrFN3O/c1-2-7-5-15-11(18)8-3-6(14)4-9-10(8)17(7)12(13)16-9/h3-4,7H,2,5H2,1H3,(H,15,18). The minimum atomic E-state index is -0.445. The highest BCUT2D eigenvalue weighted by molar-refractivity contribution is 9.10. The molecular formula is C12H11BrFN3O. The van der Waals surface area contributed by atoms with Crippen molar-refractivity contribution in [3.8, 4) is 0 Å². The highest BCUT2D eigenvalue weighted by atomic mass is 79.9. The highest BCUT2D eigenvalue weighted by Crippen LogP contribution is 2.31. The van der Waals surface area contributed by atoms with Crippen molar-refractivity contribution in [3.05, 3.63) is 28.2 Å². The summed E-state index contributed by atoms with van der Waals surface area (Å²) in [6, 6.07) is 2.74. The summed E-state index contributed by atoms with van der Waals surface area (Å²) in [7, 11) is 0. The lowest BCUT2D eigenvalue weighted by molar-refractivity contribution is 0.0952. The Morgan fingerprint density at radius 3 is 3.11 bits per heavy atom. The van der Waals surface area contributed by atoms with Crippen LogP contribution in [-0.4, -0.2) is 22.0 Å². The second-order valence-corrected chi connectivity index (χ2v) is 5.05. The number of rotatable bonds is 1. The lowest BCUT2D eigenvalue weighted by Gasteiger charge is -2.16. The van der Waals surface area contributed by atoms with Crippen LogP contribution in [0.15, 0.2) is 16.9 Å². The first-order chi connectivity index (χ1) is 8.61. The van der Waals surface area contributed by atoms with Crippen LogP contribution in [0.4, 0.5) is 4.39 Å². The summed E-state index contributed by atoms with van der Waals surface area (Å²) < 4.78 is 16.1. The summed E-state index contributed by atoms with van der Waals surface area (Å²) in [5, 5.41) is 2.82. The van der Waals surface area contributed by atoms with Crippen LogP contribution in [-0.2, 0) is 0 Å². The first-order valence-electron chi connectivity index (χ1n) is 5.77. The predicted molar refractivity (Wildman–Crippen MR) is 69.1 cm³/mol. The zero-order chi connectivity index (χ0) is 12.9. The molecule has 0 saturated heterocycles. The molecule has 1 aromatic heterocycles. The largest absolute Gasteiger partial charge is 0.350 e. The molecule has 2 aromatic rings. The molecule has 1 aliphatic heterocycles. The van der Waals surface area contributed by atoms with Gasteiger partial charge < -0.3 is 9.88 Å². The lowest BCUT2D eigenvalue weighted by Crippen LogP contribution is -2.27. The Morgan fingerprint density at radius 1 is 1.61 bits per heavy atom. The minimum absolute atomic E-state index is 0.125. The monoisotopic (exact) mass is 311 g/mol. The van der Waals surface area contributed by atoms with Crippen LogP contribution >= 0.6 is 15.9 Å². The van der Waals surface area contributed by atoms with Crippen LogP contribution in [0.25, 0.3) is 11.0 Å². The molecule has 94 valence electrons. The van der Waals surface area contributed by atoms with Crippen molar-refractivity contribution < 1.29 is 9.18 Å². The second-order valence-electron chi connectivity index (χ2n) is 4.34. The molecule has 0 saturated carbocycles. The van der Waals surface area contributed by atoms with Crippen molar-refractivity contribution >= 4 is 32.9 Å². The Bertz CT molecular complexity index is 652. The highest BCUT2D eigenvalue weighted by Gasteiger charge is 2.26. The molecule has 18 heavy (non-hydrogen) atoms. The summed E-state index contributed by atoms with van der Waals surface area (Å²) in [6.45, 7) is 2.57. The maximum atomic E-state index is 13.5. The van der Waals surface area contributed by atoms with Gasteiger partial charge in [-0.3, -0.25) is 4.79 Å². The van der Waals surface area contributed by atoms with E-state index in [4.69, 9.17) is 0 Å². The summed E-state index contributed by atoms with van der Waals surface area (Å²) >= 11 is 3.39. The van der Waals surface area contributed by atoms with Gasteiger partial charge in [0.15, 0.2) is 4.73 Å². The van der Waals surface area contributed by atoms with Crippen molar-refractivity contribution in [2.24, 2.45) is 0 Å². The van der Waals surface area contributed by atoms with E-state index in [-0.39, 0.29) is 11.9 Å². The summed E-state index contributed by atoms with van der Waals surface area (Å²) in [6.07, 6.45) is 0.862. The topological polar surface area (TPSA) is 46.9 Å². The van der Waals surface area contributed by atoms with E-state index < -0.39 is 5.82 Å². The molecule has 3 rings (SSSR count). The van der Waals surface area contributed by atoms with Crippen LogP contribution in [0.3, 0.4) is 0 Å². The number of amides is 1. The lowest BCUT2D eigenvalue weighted by atomic mass is 10.1. The van der Waals surface area contributed by atoms with Crippen molar-refractivity contribution in [2.75, 3.05) is 6.54 Å². The minimum Gasteiger partial charge on any atom is -0.350 e. The predicted octanol–water partition coefficient (Wildman–Crippen LogP) is 2.63. The van der Waals surface area contributed by atoms with Crippen molar-refractivity contribution in [2.45, 2.75) is 19.4 Å². The average Bonchev–Trinajstić information content (AvgIpc) is 2.56. The SMILES string of the molecule is CCC1CNC(=O)c2cc(F)cc3nc(Br)n1c23. The van der Waals surface area contributed by atoms with Crippen molar-refractivity contribution in [3.63, 3.8) is 0 Å². The molecule has 2 heterocycles. The van der Waals surface area contributed by atoms with E-state index in [0.717, 1.165) is 6.42 Å². The fourth-order valence-corrected chi connectivity index (χ4v) is 3.06. The van der Waals surface area contributed by atoms with Crippen LogP contribution in [0.1, 0.15) is 29.7 Å². The van der Waals surface area contributed by atoms with E-state index >= 15 is 0 Å². The molecule has 1 aliphatic rings. The molecule has 4 nitrogen and oxygen atoms in total. The first-order valence-corrected chi connectivity index (χ1v) is 6.56. The summed E-state index contributed by atoms with van der Waals surface area (Å²) in [5.41, 5.74) is 1.55. The maximum Gasteiger partial charge on any atom is 0.253 e. The van der Waals surface area contributed by atoms with Gasteiger partial charge >= 0.3 is 0 Å². The zero-order valence-electron chi connectivity index (χ0n) is 9.70. The van der Waals surface area contributed by atoms with Gasteiger partial charge in [0, 0.05) is 12.6 Å². The van der Waals surface area contributed by atoms with E-state index in [1.807, 2.05) is 11.5 Å². The van der Waals surface area contributed by atoms with Crippen molar-refractivity contribution in [1.82, 2.24) is 14.9 Å². The molecular weight excluding hydrogens is 301 g/mol. The smallest absolute Gasteiger partial charge is 0.253 e. The number of aromatic nitrogens is 2. The molecule has 0 spiro atoms. The van der Waals surface area contributed by atoms with E-state index in [0.29, 0.717) is 27.9 Å². The molecule has 0 aliphatic carbocycles. The Morgan fingerprint density at radius 2 is 2.39 bits per heavy atom. The summed E-state index contributed by atoms with van der Waals surface area (Å²) in [5.74, 6) is -0.691. The van der Waals surface area contributed by atoms with Gasteiger partial charge in [0.2, 0.25) is 0 Å². The van der Waals surface area contributed by atoms with Gasteiger partial charge in [-0.2, -0.15) is 0 Å². The Balaban J connectivity index is 2.42. The van der Waals surface area contributed by atoms with E-state index in [1.165, 1.54) is 12.1 Å². The fourth-order valence-electron chi connectivity index (χ4n) is 2.40. The third-order valence-electron chi connectivity index (χ3n) is 3.29. The third-order valence-corrected chi connectivity index (χ3v) is 3.85. The molecule has 0 bridgehead atoms. The van der Waals surface area contributed by atoms with Gasteiger partial charge in [0.05, 0.1) is 22.6 Å². The molecule has 1 unspecified atom stereocenters. The van der Waals surface area contributed by atoms with Crippen molar-refractivity contribution in [1.29, 1.82) is 0 Å². The van der Waals surface area contributed by atoms with Gasteiger partial charge in [-0.1, -0.05) is 6.92 Å². The number of benzene rings is 1. The Labute approximate surface area is 111 Å². The zero-order valence-corrected chi connectivity index (χ0v) is 11.3. The number of carbonyl (C=O) groups excluding carboxylic acids is 1.